The fourth-order valence-corrected chi connectivity index (χ4v) is 2.32. The molecule has 2 aromatic rings. The van der Waals surface area contributed by atoms with Crippen LogP contribution in [0.15, 0.2) is 34.7 Å². The summed E-state index contributed by atoms with van der Waals surface area (Å²) in [6.07, 6.45) is 1.31. The van der Waals surface area contributed by atoms with E-state index >= 15 is 0 Å². The van der Waals surface area contributed by atoms with Crippen molar-refractivity contribution in [2.24, 2.45) is 0 Å². The summed E-state index contributed by atoms with van der Waals surface area (Å²) in [4.78, 5) is 23.2. The van der Waals surface area contributed by atoms with Gasteiger partial charge in [0.15, 0.2) is 5.76 Å². The van der Waals surface area contributed by atoms with Gasteiger partial charge in [0.05, 0.1) is 0 Å². The van der Waals surface area contributed by atoms with E-state index in [1.165, 1.54) is 11.6 Å². The molecule has 116 valence electrons. The number of carboxylic acids is 1. The number of aromatic carboxylic acids is 1. The molecule has 1 aromatic heterocycles. The number of hydrogen-bond acceptors (Lipinski definition) is 3. The Hall–Kier alpha value is -2.56. The first kappa shape index (κ1) is 15.8. The molecule has 1 heterocycles. The molecule has 0 bridgehead atoms. The van der Waals surface area contributed by atoms with Gasteiger partial charge in [0, 0.05) is 19.0 Å². The van der Waals surface area contributed by atoms with Gasteiger partial charge in [-0.1, -0.05) is 38.1 Å². The van der Waals surface area contributed by atoms with Crippen molar-refractivity contribution < 1.29 is 19.1 Å². The summed E-state index contributed by atoms with van der Waals surface area (Å²) >= 11 is 0. The molecule has 0 aliphatic carbocycles. The number of rotatable bonds is 6. The predicted octanol–water partition coefficient (Wildman–Crippen LogP) is 3.03. The summed E-state index contributed by atoms with van der Waals surface area (Å²) in [7, 11) is 0. The van der Waals surface area contributed by atoms with Crippen LogP contribution in [0.25, 0.3) is 0 Å². The van der Waals surface area contributed by atoms with Crippen molar-refractivity contribution in [2.45, 2.75) is 33.2 Å². The summed E-state index contributed by atoms with van der Waals surface area (Å²) < 4.78 is 5.34. The third-order valence-electron chi connectivity index (χ3n) is 3.52. The third kappa shape index (κ3) is 3.36. The number of carbonyl (C=O) groups excluding carboxylic acids is 1. The Morgan fingerprint density at radius 1 is 1.14 bits per heavy atom. The van der Waals surface area contributed by atoms with Gasteiger partial charge in [-0.3, -0.25) is 4.79 Å². The molecule has 1 amide bonds. The van der Waals surface area contributed by atoms with Crippen molar-refractivity contribution >= 4 is 11.9 Å². The Labute approximate surface area is 129 Å². The highest BCUT2D eigenvalue weighted by atomic mass is 16.4. The van der Waals surface area contributed by atoms with E-state index in [2.05, 4.69) is 12.2 Å². The van der Waals surface area contributed by atoms with Gasteiger partial charge in [-0.15, -0.1) is 0 Å². The molecule has 0 aliphatic rings. The second kappa shape index (κ2) is 6.93. The molecule has 0 fully saturated rings. The fraction of sp³-hybridized carbons (Fsp3) is 0.294. The smallest absolute Gasteiger partial charge is 0.339 e. The Balaban J connectivity index is 2.11. The maximum absolute atomic E-state index is 12.1. The van der Waals surface area contributed by atoms with E-state index in [0.717, 1.165) is 12.0 Å². The van der Waals surface area contributed by atoms with E-state index in [4.69, 9.17) is 9.52 Å². The molecule has 5 heteroatoms. The molecule has 22 heavy (non-hydrogen) atoms. The van der Waals surface area contributed by atoms with Gasteiger partial charge in [-0.2, -0.15) is 0 Å². The van der Waals surface area contributed by atoms with Crippen LogP contribution in [0.2, 0.25) is 0 Å². The highest BCUT2D eigenvalue weighted by Crippen LogP contribution is 2.17. The minimum absolute atomic E-state index is 0.0308. The van der Waals surface area contributed by atoms with Crippen molar-refractivity contribution in [1.29, 1.82) is 0 Å². The quantitative estimate of drug-likeness (QED) is 0.859. The summed E-state index contributed by atoms with van der Waals surface area (Å²) in [5.74, 6) is -1.15. The van der Waals surface area contributed by atoms with Crippen LogP contribution in [0.4, 0.5) is 0 Å². The van der Waals surface area contributed by atoms with Gasteiger partial charge in [0.25, 0.3) is 5.91 Å². The van der Waals surface area contributed by atoms with Crippen LogP contribution in [-0.2, 0) is 19.4 Å². The average molecular weight is 301 g/mol. The van der Waals surface area contributed by atoms with E-state index in [9.17, 15) is 9.59 Å². The molecule has 0 saturated carbocycles. The van der Waals surface area contributed by atoms with Crippen LogP contribution >= 0.6 is 0 Å². The fourth-order valence-electron chi connectivity index (χ4n) is 2.32. The van der Waals surface area contributed by atoms with Crippen LogP contribution < -0.4 is 5.32 Å². The number of carbonyl (C=O) groups is 2. The molecule has 0 atom stereocenters. The zero-order valence-corrected chi connectivity index (χ0v) is 12.7. The molecule has 0 spiro atoms. The second-order valence-corrected chi connectivity index (χ2v) is 4.91. The van der Waals surface area contributed by atoms with Crippen molar-refractivity contribution in [3.8, 4) is 0 Å². The lowest BCUT2D eigenvalue weighted by atomic mass is 10.1. The maximum Gasteiger partial charge on any atom is 0.339 e. The standard InChI is InChI=1S/C17H19NO4/c1-3-11-7-5-6-8-12(11)10-18-16(19)15-9-13(17(20)21)14(4-2)22-15/h5-9H,3-4,10H2,1-2H3,(H,18,19)(H,20,21). The Kier molecular flexibility index (Phi) is 4.99. The zero-order chi connectivity index (χ0) is 16.1. The Morgan fingerprint density at radius 3 is 2.36 bits per heavy atom. The number of amides is 1. The first-order valence-corrected chi connectivity index (χ1v) is 7.27. The molecule has 2 rings (SSSR count). The summed E-state index contributed by atoms with van der Waals surface area (Å²) in [6.45, 7) is 4.22. The minimum atomic E-state index is -1.09. The normalized spacial score (nSPS) is 10.5. The first-order chi connectivity index (χ1) is 10.6. The zero-order valence-electron chi connectivity index (χ0n) is 12.7. The van der Waals surface area contributed by atoms with Gasteiger partial charge >= 0.3 is 5.97 Å². The van der Waals surface area contributed by atoms with Crippen molar-refractivity contribution in [3.05, 3.63) is 58.5 Å². The van der Waals surface area contributed by atoms with E-state index < -0.39 is 11.9 Å². The van der Waals surface area contributed by atoms with Gasteiger partial charge in [-0.25, -0.2) is 4.79 Å². The number of furan rings is 1. The van der Waals surface area contributed by atoms with Gasteiger partial charge < -0.3 is 14.8 Å². The number of benzene rings is 1. The van der Waals surface area contributed by atoms with Crippen LogP contribution in [0.1, 0.15) is 51.6 Å². The largest absolute Gasteiger partial charge is 0.478 e. The summed E-state index contributed by atoms with van der Waals surface area (Å²) in [6, 6.07) is 9.14. The number of aryl methyl sites for hydroxylation is 2. The topological polar surface area (TPSA) is 79.5 Å². The summed E-state index contributed by atoms with van der Waals surface area (Å²) in [5.41, 5.74) is 2.25. The Morgan fingerprint density at radius 2 is 1.82 bits per heavy atom. The molecule has 5 nitrogen and oxygen atoms in total. The van der Waals surface area contributed by atoms with Crippen LogP contribution in [0.5, 0.6) is 0 Å². The van der Waals surface area contributed by atoms with Gasteiger partial charge in [0.2, 0.25) is 0 Å². The highest BCUT2D eigenvalue weighted by Gasteiger charge is 2.19. The lowest BCUT2D eigenvalue weighted by molar-refractivity contribution is 0.0694. The van der Waals surface area contributed by atoms with E-state index in [1.807, 2.05) is 24.3 Å². The highest BCUT2D eigenvalue weighted by molar-refractivity contribution is 5.96. The SMILES string of the molecule is CCc1ccccc1CNC(=O)c1cc(C(=O)O)c(CC)o1. The van der Waals surface area contributed by atoms with E-state index in [0.29, 0.717) is 18.7 Å². The number of carboxylic acid groups (broad SMARTS) is 1. The van der Waals surface area contributed by atoms with Crippen LogP contribution in [0.3, 0.4) is 0 Å². The number of nitrogens with one attached hydrogen (secondary N) is 1. The Bertz CT molecular complexity index is 688. The molecule has 0 saturated heterocycles. The molecular weight excluding hydrogens is 282 g/mol. The molecular formula is C17H19NO4. The third-order valence-corrected chi connectivity index (χ3v) is 3.52. The summed E-state index contributed by atoms with van der Waals surface area (Å²) in [5, 5.41) is 11.8. The lowest BCUT2D eigenvalue weighted by Crippen LogP contribution is -2.22. The van der Waals surface area contributed by atoms with Gasteiger partial charge in [0.1, 0.15) is 11.3 Å². The monoisotopic (exact) mass is 301 g/mol. The average Bonchev–Trinajstić information content (AvgIpc) is 2.97. The van der Waals surface area contributed by atoms with Crippen molar-refractivity contribution in [3.63, 3.8) is 0 Å². The molecule has 0 unspecified atom stereocenters. The maximum atomic E-state index is 12.1. The molecule has 0 radical (unpaired) electrons. The number of hydrogen-bond donors (Lipinski definition) is 2. The van der Waals surface area contributed by atoms with Crippen molar-refractivity contribution in [2.75, 3.05) is 0 Å². The first-order valence-electron chi connectivity index (χ1n) is 7.27. The van der Waals surface area contributed by atoms with Crippen molar-refractivity contribution in [1.82, 2.24) is 5.32 Å². The molecule has 2 N–H and O–H groups in total. The predicted molar refractivity (Wildman–Crippen MR) is 82.0 cm³/mol. The second-order valence-electron chi connectivity index (χ2n) is 4.91. The lowest BCUT2D eigenvalue weighted by Gasteiger charge is -2.08. The van der Waals surface area contributed by atoms with Crippen LogP contribution in [0, 0.1) is 0 Å². The molecule has 1 aromatic carbocycles. The van der Waals surface area contributed by atoms with E-state index in [1.54, 1.807) is 6.92 Å². The minimum Gasteiger partial charge on any atom is -0.478 e. The van der Waals surface area contributed by atoms with Gasteiger partial charge in [-0.05, 0) is 17.5 Å². The molecule has 0 aliphatic heterocycles. The van der Waals surface area contributed by atoms with Crippen LogP contribution in [-0.4, -0.2) is 17.0 Å². The van der Waals surface area contributed by atoms with E-state index in [-0.39, 0.29) is 11.3 Å².